The quantitative estimate of drug-likeness (QED) is 0.789. The van der Waals surface area contributed by atoms with E-state index < -0.39 is 5.97 Å². The molecular weight excluding hydrogens is 224 g/mol. The molecule has 0 aliphatic heterocycles. The van der Waals surface area contributed by atoms with Crippen molar-refractivity contribution in [2.45, 2.75) is 0 Å². The molecule has 1 aromatic heterocycles. The summed E-state index contributed by atoms with van der Waals surface area (Å²) in [4.78, 5) is 10.9. The van der Waals surface area contributed by atoms with Crippen molar-refractivity contribution in [2.24, 2.45) is 0 Å². The first-order chi connectivity index (χ1) is 6.59. The number of phenolic OH excluding ortho intramolecular Hbond substituents is 1. The van der Waals surface area contributed by atoms with Gasteiger partial charge in [0.25, 0.3) is 0 Å². The number of thiophene rings is 1. The van der Waals surface area contributed by atoms with Crippen molar-refractivity contribution in [3.63, 3.8) is 0 Å². The van der Waals surface area contributed by atoms with Crippen molar-refractivity contribution in [1.82, 2.24) is 0 Å². The van der Waals surface area contributed by atoms with Crippen LogP contribution in [0.3, 0.4) is 0 Å². The van der Waals surface area contributed by atoms with Crippen LogP contribution in [0.4, 0.5) is 0 Å². The Morgan fingerprint density at radius 2 is 2.14 bits per heavy atom. The van der Waals surface area contributed by atoms with E-state index in [4.69, 9.17) is 16.7 Å². The molecule has 3 nitrogen and oxygen atoms in total. The number of rotatable bonds is 1. The summed E-state index contributed by atoms with van der Waals surface area (Å²) in [7, 11) is 0. The van der Waals surface area contributed by atoms with Crippen LogP contribution < -0.4 is 0 Å². The molecule has 14 heavy (non-hydrogen) atoms. The van der Waals surface area contributed by atoms with E-state index in [1.807, 2.05) is 0 Å². The second-order valence-electron chi connectivity index (χ2n) is 2.73. The number of hydrogen-bond acceptors (Lipinski definition) is 3. The van der Waals surface area contributed by atoms with Crippen LogP contribution in [0.15, 0.2) is 18.2 Å². The monoisotopic (exact) mass is 228 g/mol. The summed E-state index contributed by atoms with van der Waals surface area (Å²) >= 11 is 6.94. The molecule has 2 rings (SSSR count). The minimum atomic E-state index is -0.984. The molecule has 2 aromatic rings. The molecule has 2 N–H and O–H groups in total. The first-order valence-electron chi connectivity index (χ1n) is 3.74. The molecule has 0 radical (unpaired) electrons. The average Bonchev–Trinajstić information content (AvgIpc) is 2.56. The number of aromatic hydroxyl groups is 1. The van der Waals surface area contributed by atoms with Gasteiger partial charge in [0.05, 0.1) is 5.02 Å². The van der Waals surface area contributed by atoms with Crippen LogP contribution in [0.2, 0.25) is 5.02 Å². The van der Waals surface area contributed by atoms with E-state index in [-0.39, 0.29) is 15.6 Å². The van der Waals surface area contributed by atoms with Gasteiger partial charge in [0, 0.05) is 10.1 Å². The molecule has 0 aliphatic rings. The Morgan fingerprint density at radius 1 is 1.43 bits per heavy atom. The Hall–Kier alpha value is -1.26. The van der Waals surface area contributed by atoms with Crippen LogP contribution in [0, 0.1) is 0 Å². The zero-order valence-corrected chi connectivity index (χ0v) is 8.39. The second kappa shape index (κ2) is 3.15. The fourth-order valence-corrected chi connectivity index (χ4v) is 2.36. The van der Waals surface area contributed by atoms with Gasteiger partial charge in [-0.1, -0.05) is 11.6 Å². The van der Waals surface area contributed by atoms with Gasteiger partial charge in [-0.25, -0.2) is 4.79 Å². The van der Waals surface area contributed by atoms with Crippen molar-refractivity contribution in [1.29, 1.82) is 0 Å². The van der Waals surface area contributed by atoms with Crippen LogP contribution in [0.1, 0.15) is 9.67 Å². The molecule has 0 saturated carbocycles. The number of fused-ring (bicyclic) bond motifs is 1. The molecule has 0 spiro atoms. The third-order valence-electron chi connectivity index (χ3n) is 1.83. The van der Waals surface area contributed by atoms with E-state index in [1.165, 1.54) is 12.1 Å². The number of carboxylic acid groups (broad SMARTS) is 1. The Balaban J connectivity index is 2.77. The van der Waals surface area contributed by atoms with Crippen molar-refractivity contribution in [2.75, 3.05) is 0 Å². The maximum atomic E-state index is 10.7. The molecule has 0 unspecified atom stereocenters. The molecular formula is C9H5ClO3S. The smallest absolute Gasteiger partial charge is 0.345 e. The van der Waals surface area contributed by atoms with Crippen molar-refractivity contribution in [3.8, 4) is 5.75 Å². The van der Waals surface area contributed by atoms with Gasteiger partial charge in [-0.2, -0.15) is 0 Å². The van der Waals surface area contributed by atoms with E-state index in [0.29, 0.717) is 5.39 Å². The zero-order chi connectivity index (χ0) is 10.3. The number of benzene rings is 1. The number of hydrogen-bond donors (Lipinski definition) is 2. The summed E-state index contributed by atoms with van der Waals surface area (Å²) in [5, 5.41) is 18.8. The van der Waals surface area contributed by atoms with Crippen LogP contribution in [-0.2, 0) is 0 Å². The highest BCUT2D eigenvalue weighted by atomic mass is 35.5. The molecule has 0 amide bonds. The Kier molecular flexibility index (Phi) is 2.09. The van der Waals surface area contributed by atoms with Gasteiger partial charge in [0.1, 0.15) is 10.6 Å². The second-order valence-corrected chi connectivity index (χ2v) is 4.19. The highest BCUT2D eigenvalue weighted by Gasteiger charge is 2.12. The fraction of sp³-hybridized carbons (Fsp3) is 0. The first-order valence-corrected chi connectivity index (χ1v) is 4.93. The predicted octanol–water partition coefficient (Wildman–Crippen LogP) is 2.96. The Bertz CT molecular complexity index is 518. The molecule has 1 heterocycles. The number of phenols is 1. The largest absolute Gasteiger partial charge is 0.506 e. The van der Waals surface area contributed by atoms with Gasteiger partial charge in [0.2, 0.25) is 0 Å². The summed E-state index contributed by atoms with van der Waals surface area (Å²) in [6.07, 6.45) is 0. The third-order valence-corrected chi connectivity index (χ3v) is 3.31. The molecule has 0 fully saturated rings. The van der Waals surface area contributed by atoms with Crippen molar-refractivity contribution >= 4 is 39.0 Å². The average molecular weight is 229 g/mol. The molecule has 0 atom stereocenters. The standard InChI is InChI=1S/C9H5ClO3S/c10-8-4-3-7(9(12)13)14-6(4)2-1-5(8)11/h1-3,11H,(H,12,13). The number of aromatic carboxylic acids is 1. The molecule has 72 valence electrons. The predicted molar refractivity (Wildman–Crippen MR) is 55.5 cm³/mol. The van der Waals surface area contributed by atoms with Crippen LogP contribution in [0.5, 0.6) is 5.75 Å². The molecule has 0 saturated heterocycles. The van der Waals surface area contributed by atoms with E-state index in [2.05, 4.69) is 0 Å². The molecule has 5 heteroatoms. The SMILES string of the molecule is O=C(O)c1cc2c(Cl)c(O)ccc2s1. The van der Waals surface area contributed by atoms with Gasteiger partial charge in [-0.15, -0.1) is 11.3 Å². The van der Waals surface area contributed by atoms with Gasteiger partial charge in [-0.3, -0.25) is 0 Å². The van der Waals surface area contributed by atoms with Crippen LogP contribution >= 0.6 is 22.9 Å². The minimum Gasteiger partial charge on any atom is -0.506 e. The number of halogens is 1. The van der Waals surface area contributed by atoms with Crippen LogP contribution in [-0.4, -0.2) is 16.2 Å². The molecule has 0 aliphatic carbocycles. The summed E-state index contributed by atoms with van der Waals surface area (Å²) in [5.41, 5.74) is 0. The molecule has 0 bridgehead atoms. The van der Waals surface area contributed by atoms with Crippen molar-refractivity contribution < 1.29 is 15.0 Å². The summed E-state index contributed by atoms with van der Waals surface area (Å²) < 4.78 is 0.755. The van der Waals surface area contributed by atoms with E-state index in [1.54, 1.807) is 6.07 Å². The fourth-order valence-electron chi connectivity index (χ4n) is 1.17. The topological polar surface area (TPSA) is 57.5 Å². The lowest BCUT2D eigenvalue weighted by molar-refractivity contribution is 0.0702. The maximum Gasteiger partial charge on any atom is 0.345 e. The molecule has 1 aromatic carbocycles. The van der Waals surface area contributed by atoms with Gasteiger partial charge in [-0.05, 0) is 18.2 Å². The lowest BCUT2D eigenvalue weighted by Gasteiger charge is -1.95. The number of carbonyl (C=O) groups is 1. The Labute approximate surface area is 88.2 Å². The van der Waals surface area contributed by atoms with Gasteiger partial charge in [0.15, 0.2) is 0 Å². The summed E-state index contributed by atoms with van der Waals surface area (Å²) in [6, 6.07) is 4.56. The summed E-state index contributed by atoms with van der Waals surface area (Å²) in [6.45, 7) is 0. The summed E-state index contributed by atoms with van der Waals surface area (Å²) in [5.74, 6) is -1.02. The highest BCUT2D eigenvalue weighted by molar-refractivity contribution is 7.20. The Morgan fingerprint density at radius 3 is 2.79 bits per heavy atom. The first kappa shape index (κ1) is 9.30. The zero-order valence-electron chi connectivity index (χ0n) is 6.82. The van der Waals surface area contributed by atoms with Gasteiger partial charge < -0.3 is 10.2 Å². The van der Waals surface area contributed by atoms with Crippen molar-refractivity contribution in [3.05, 3.63) is 28.1 Å². The third kappa shape index (κ3) is 1.32. The van der Waals surface area contributed by atoms with Crippen LogP contribution in [0.25, 0.3) is 10.1 Å². The van der Waals surface area contributed by atoms with E-state index in [0.717, 1.165) is 16.0 Å². The lowest BCUT2D eigenvalue weighted by atomic mass is 10.2. The van der Waals surface area contributed by atoms with Gasteiger partial charge >= 0.3 is 5.97 Å². The number of carboxylic acids is 1. The van der Waals surface area contributed by atoms with E-state index in [9.17, 15) is 9.90 Å². The maximum absolute atomic E-state index is 10.7. The van der Waals surface area contributed by atoms with E-state index >= 15 is 0 Å². The lowest BCUT2D eigenvalue weighted by Crippen LogP contribution is -1.89. The highest BCUT2D eigenvalue weighted by Crippen LogP contribution is 2.36. The minimum absolute atomic E-state index is 0.0334. The normalized spacial score (nSPS) is 10.6.